The van der Waals surface area contributed by atoms with E-state index in [0.717, 1.165) is 0 Å². The second-order valence-electron chi connectivity index (χ2n) is 6.01. The van der Waals surface area contributed by atoms with Gasteiger partial charge in [0.25, 0.3) is 0 Å². The van der Waals surface area contributed by atoms with Gasteiger partial charge in [-0.25, -0.2) is 6.07 Å². The van der Waals surface area contributed by atoms with Crippen molar-refractivity contribution in [2.24, 2.45) is 0 Å². The first-order valence-corrected chi connectivity index (χ1v) is 9.28. The Kier molecular flexibility index (Phi) is 18.5. The minimum Gasteiger partial charge on any atom is -1.00 e. The smallest absolute Gasteiger partial charge is 1.00 e. The second-order valence-corrected chi connectivity index (χ2v) is 8.59. The molecule has 1 aromatic rings. The second kappa shape index (κ2) is 14.9. The molecule has 0 fully saturated rings. The topological polar surface area (TPSA) is 0 Å². The number of unbranched alkanes of at least 4 members (excludes halogenated alkanes) is 1. The third-order valence-electron chi connectivity index (χ3n) is 4.23. The number of hydrogen-bond donors (Lipinski definition) is 0. The molecule has 0 N–H and O–H groups in total. The van der Waals surface area contributed by atoms with Gasteiger partial charge < -0.3 is 37.2 Å². The van der Waals surface area contributed by atoms with Gasteiger partial charge in [-0.2, -0.15) is 22.9 Å². The Morgan fingerprint density at radius 2 is 1.87 bits per heavy atom. The quantitative estimate of drug-likeness (QED) is 0.303. The summed E-state index contributed by atoms with van der Waals surface area (Å²) in [6, 6.07) is 7.26. The van der Waals surface area contributed by atoms with Crippen molar-refractivity contribution in [3.05, 3.63) is 48.1 Å². The summed E-state index contributed by atoms with van der Waals surface area (Å²) in [5.74, 6) is 0. The Morgan fingerprint density at radius 1 is 1.13 bits per heavy atom. The van der Waals surface area contributed by atoms with Crippen LogP contribution in [0.15, 0.2) is 42.5 Å². The summed E-state index contributed by atoms with van der Waals surface area (Å²) in [4.78, 5) is 0. The van der Waals surface area contributed by atoms with E-state index in [0.29, 0.717) is 5.04 Å². The van der Waals surface area contributed by atoms with Gasteiger partial charge in [0.15, 0.2) is 0 Å². The fourth-order valence-corrected chi connectivity index (χ4v) is 5.72. The van der Waals surface area contributed by atoms with E-state index in [-0.39, 0.29) is 68.5 Å². The Morgan fingerprint density at radius 3 is 2.43 bits per heavy atom. The monoisotopic (exact) mass is 424 g/mol. The van der Waals surface area contributed by atoms with Gasteiger partial charge in [-0.15, -0.1) is 0 Å². The van der Waals surface area contributed by atoms with Crippen molar-refractivity contribution in [1.82, 2.24) is 0 Å². The Balaban J connectivity index is -0.000001000. The Hall–Kier alpha value is 0.631. The predicted molar refractivity (Wildman–Crippen MR) is 89.3 cm³/mol. The fourth-order valence-electron chi connectivity index (χ4n) is 3.21. The van der Waals surface area contributed by atoms with Crippen LogP contribution in [-0.2, 0) is 28.1 Å². The summed E-state index contributed by atoms with van der Waals surface area (Å²) in [6.45, 7) is 4.59. The summed E-state index contributed by atoms with van der Waals surface area (Å²) in [5.41, 5.74) is 1.56. The van der Waals surface area contributed by atoms with E-state index < -0.39 is 0 Å². The Labute approximate surface area is 178 Å². The minimum absolute atomic E-state index is 0. The number of hydrogen-bond acceptors (Lipinski definition) is 0. The van der Waals surface area contributed by atoms with Gasteiger partial charge in [0.2, 0.25) is 0 Å². The molecule has 1 aromatic carbocycles. The SMILES string of the molecule is CCCCc1cc[c-]([SiH2]C2(CCC)C=CC=CC2)c1.[Cl-].[Cl-].[Cl-].[Ti+4]. The van der Waals surface area contributed by atoms with Crippen LogP contribution in [0.3, 0.4) is 0 Å². The predicted octanol–water partition coefficient (Wildman–Crippen LogP) is -4.97. The van der Waals surface area contributed by atoms with Crippen LogP contribution in [-0.4, -0.2) is 9.52 Å². The maximum absolute atomic E-state index is 2.50. The minimum atomic E-state index is -0.216. The van der Waals surface area contributed by atoms with Crippen molar-refractivity contribution in [1.29, 1.82) is 0 Å². The maximum Gasteiger partial charge on any atom is 4.00 e. The van der Waals surface area contributed by atoms with E-state index in [9.17, 15) is 0 Å². The van der Waals surface area contributed by atoms with Crippen LogP contribution in [0, 0.1) is 0 Å². The van der Waals surface area contributed by atoms with Gasteiger partial charge in [0.05, 0.1) is 0 Å². The average Bonchev–Trinajstić information content (AvgIpc) is 2.85. The molecule has 0 saturated carbocycles. The van der Waals surface area contributed by atoms with Crippen LogP contribution in [0.5, 0.6) is 0 Å². The maximum atomic E-state index is 2.50. The number of allylic oxidation sites excluding steroid dienone is 4. The van der Waals surface area contributed by atoms with Crippen LogP contribution < -0.4 is 42.4 Å². The van der Waals surface area contributed by atoms with Gasteiger partial charge in [0, 0.05) is 9.52 Å². The average molecular weight is 426 g/mol. The van der Waals surface area contributed by atoms with Crippen LogP contribution in [0.1, 0.15) is 51.5 Å². The van der Waals surface area contributed by atoms with Gasteiger partial charge >= 0.3 is 21.7 Å². The molecular weight excluding hydrogens is 399 g/mol. The van der Waals surface area contributed by atoms with E-state index in [2.05, 4.69) is 56.4 Å². The largest absolute Gasteiger partial charge is 4.00 e. The molecule has 0 nitrogen and oxygen atoms in total. The third kappa shape index (κ3) is 9.05. The first-order valence-electron chi connectivity index (χ1n) is 7.87. The van der Waals surface area contributed by atoms with Crippen molar-refractivity contribution < 1.29 is 58.9 Å². The molecule has 1 atom stereocenters. The standard InChI is InChI=1S/C18H27Si.3ClH.Ti/c1-3-5-9-16-10-11-17(15-16)19-18(12-4-2)13-7-6-8-14-18;;;;/h6-8,10-11,13,15H,3-5,9,12,14,19H2,1-2H3;3*1H;/q-1;;;;+4/p-3. The zero-order valence-electron chi connectivity index (χ0n) is 14.1. The molecule has 1 aliphatic carbocycles. The van der Waals surface area contributed by atoms with Crippen molar-refractivity contribution in [3.8, 4) is 0 Å². The molecule has 5 heteroatoms. The molecule has 1 unspecified atom stereocenters. The number of rotatable bonds is 7. The van der Waals surface area contributed by atoms with Crippen LogP contribution in [0.25, 0.3) is 0 Å². The zero-order chi connectivity index (χ0) is 13.6. The molecule has 1 aliphatic rings. The molecule has 0 aliphatic heterocycles. The molecular formula is C18H27Cl3SiTi. The molecule has 0 saturated heterocycles. The summed E-state index contributed by atoms with van der Waals surface area (Å²) in [6.07, 6.45) is 17.2. The van der Waals surface area contributed by atoms with E-state index in [4.69, 9.17) is 0 Å². The summed E-state index contributed by atoms with van der Waals surface area (Å²) in [7, 11) is -0.216. The van der Waals surface area contributed by atoms with Gasteiger partial charge in [-0.05, 0) is 17.9 Å². The summed E-state index contributed by atoms with van der Waals surface area (Å²) >= 11 is 0. The molecule has 0 bridgehead atoms. The van der Waals surface area contributed by atoms with Gasteiger partial charge in [0.1, 0.15) is 0 Å². The van der Waals surface area contributed by atoms with E-state index >= 15 is 0 Å². The molecule has 23 heavy (non-hydrogen) atoms. The van der Waals surface area contributed by atoms with Crippen molar-refractivity contribution in [3.63, 3.8) is 0 Å². The fraction of sp³-hybridized carbons (Fsp3) is 0.500. The van der Waals surface area contributed by atoms with Gasteiger partial charge in [-0.1, -0.05) is 63.8 Å². The van der Waals surface area contributed by atoms with Crippen LogP contribution in [0.4, 0.5) is 0 Å². The van der Waals surface area contributed by atoms with E-state index in [1.54, 1.807) is 10.8 Å². The zero-order valence-corrected chi connectivity index (χ0v) is 19.4. The van der Waals surface area contributed by atoms with Gasteiger partial charge in [-0.3, -0.25) is 0 Å². The van der Waals surface area contributed by atoms with E-state index in [1.807, 2.05) is 0 Å². The molecule has 0 spiro atoms. The molecule has 128 valence electrons. The molecule has 0 heterocycles. The molecule has 0 amide bonds. The summed E-state index contributed by atoms with van der Waals surface area (Å²) < 4.78 is 0. The number of aryl methyl sites for hydroxylation is 1. The normalized spacial score (nSPS) is 18.7. The first-order chi connectivity index (χ1) is 9.28. The van der Waals surface area contributed by atoms with Crippen molar-refractivity contribution in [2.75, 3.05) is 0 Å². The van der Waals surface area contributed by atoms with E-state index in [1.165, 1.54) is 38.5 Å². The molecule has 2 rings (SSSR count). The summed E-state index contributed by atoms with van der Waals surface area (Å²) in [5, 5.41) is 2.18. The number of halogens is 3. The molecule has 0 aromatic heterocycles. The van der Waals surface area contributed by atoms with Crippen molar-refractivity contribution >= 4 is 14.7 Å². The Bertz CT molecular complexity index is 457. The van der Waals surface area contributed by atoms with Crippen LogP contribution in [0.2, 0.25) is 5.04 Å². The molecule has 0 radical (unpaired) electrons. The third-order valence-corrected chi connectivity index (χ3v) is 6.66. The first kappa shape index (κ1) is 28.4. The van der Waals surface area contributed by atoms with Crippen molar-refractivity contribution in [2.45, 2.75) is 57.4 Å². The van der Waals surface area contributed by atoms with Crippen LogP contribution >= 0.6 is 0 Å².